The smallest absolute Gasteiger partial charge is 0.241 e. The van der Waals surface area contributed by atoms with E-state index < -0.39 is 14.8 Å². The molecule has 6 nitrogen and oxygen atoms in total. The minimum absolute atomic E-state index is 0.0555. The van der Waals surface area contributed by atoms with E-state index in [1.165, 1.54) is 0 Å². The van der Waals surface area contributed by atoms with E-state index in [-0.39, 0.29) is 17.9 Å². The number of sulfonamides is 1. The lowest BCUT2D eigenvalue weighted by molar-refractivity contribution is -0.125. The zero-order chi connectivity index (χ0) is 18.7. The molecule has 0 saturated heterocycles. The number of hydrazine groups is 1. The Morgan fingerprint density at radius 3 is 2.16 bits per heavy atom. The van der Waals surface area contributed by atoms with Gasteiger partial charge in [0.25, 0.3) is 0 Å². The first kappa shape index (κ1) is 20.2. The maximum absolute atomic E-state index is 12.3. The third-order valence-electron chi connectivity index (χ3n) is 4.40. The van der Waals surface area contributed by atoms with Gasteiger partial charge < -0.3 is 0 Å². The number of nitrogens with one attached hydrogen (secondary N) is 3. The van der Waals surface area contributed by atoms with Crippen molar-refractivity contribution >= 4 is 37.5 Å². The van der Waals surface area contributed by atoms with Crippen LogP contribution >= 0.6 is 15.9 Å². The summed E-state index contributed by atoms with van der Waals surface area (Å²) >= 11 is 3.36. The highest BCUT2D eigenvalue weighted by atomic mass is 79.9. The Balaban J connectivity index is 1.79. The molecule has 0 radical (unpaired) electrons. The summed E-state index contributed by atoms with van der Waals surface area (Å²) in [5.74, 6) is -0.154. The number of carbonyl (C=O) groups excluding carboxylic acids is 1. The van der Waals surface area contributed by atoms with Crippen molar-refractivity contribution in [3.05, 3.63) is 28.7 Å². The van der Waals surface area contributed by atoms with Crippen LogP contribution in [0.15, 0.2) is 28.7 Å². The number of rotatable bonds is 5. The Morgan fingerprint density at radius 2 is 1.64 bits per heavy atom. The summed E-state index contributed by atoms with van der Waals surface area (Å²) in [4.78, 5) is 12.3. The number of carbonyl (C=O) groups is 1. The van der Waals surface area contributed by atoms with Gasteiger partial charge in [-0.1, -0.05) is 15.9 Å². The molecule has 1 aromatic rings. The fourth-order valence-corrected chi connectivity index (χ4v) is 3.93. The molecule has 1 amide bonds. The molecule has 3 N–H and O–H groups in total. The largest absolute Gasteiger partial charge is 0.299 e. The highest BCUT2D eigenvalue weighted by Gasteiger charge is 2.34. The van der Waals surface area contributed by atoms with Crippen LogP contribution < -0.4 is 15.6 Å². The van der Waals surface area contributed by atoms with Gasteiger partial charge in [0.05, 0.1) is 10.4 Å². The Morgan fingerprint density at radius 1 is 1.08 bits per heavy atom. The summed E-state index contributed by atoms with van der Waals surface area (Å²) in [6.07, 6.45) is 2.69. The molecule has 0 spiro atoms. The van der Waals surface area contributed by atoms with Crippen molar-refractivity contribution in [3.8, 4) is 0 Å². The highest BCUT2D eigenvalue weighted by Crippen LogP contribution is 2.26. The second-order valence-corrected chi connectivity index (χ2v) is 10.8. The fourth-order valence-electron chi connectivity index (χ4n) is 2.64. The molecule has 1 aliphatic rings. The van der Waals surface area contributed by atoms with E-state index in [0.717, 1.165) is 10.2 Å². The minimum Gasteiger partial charge on any atom is -0.299 e. The van der Waals surface area contributed by atoms with Crippen molar-refractivity contribution in [1.29, 1.82) is 0 Å². The van der Waals surface area contributed by atoms with E-state index in [0.29, 0.717) is 25.7 Å². The highest BCUT2D eigenvalue weighted by molar-refractivity contribution is 9.10. The predicted octanol–water partition coefficient (Wildman–Crippen LogP) is 3.17. The molecule has 0 atom stereocenters. The van der Waals surface area contributed by atoms with Crippen molar-refractivity contribution in [2.24, 2.45) is 5.92 Å². The van der Waals surface area contributed by atoms with Crippen LogP contribution in [-0.2, 0) is 14.8 Å². The minimum atomic E-state index is -3.35. The SMILES string of the molecule is CC(C)(C)S(=O)(=O)N[C@H]1CC[C@H](C(=O)NNc2ccc(Br)cc2)CC1. The van der Waals surface area contributed by atoms with Gasteiger partial charge in [-0.3, -0.25) is 15.6 Å². The second-order valence-electron chi connectivity index (χ2n) is 7.40. The predicted molar refractivity (Wildman–Crippen MR) is 103 cm³/mol. The Labute approximate surface area is 158 Å². The first-order valence-corrected chi connectivity index (χ1v) is 10.7. The van der Waals surface area contributed by atoms with E-state index in [4.69, 9.17) is 0 Å². The lowest BCUT2D eigenvalue weighted by Gasteiger charge is -2.30. The molecule has 1 aromatic carbocycles. The molecule has 0 heterocycles. The monoisotopic (exact) mass is 431 g/mol. The molecule has 0 aromatic heterocycles. The number of amides is 1. The van der Waals surface area contributed by atoms with Gasteiger partial charge in [-0.2, -0.15) is 0 Å². The van der Waals surface area contributed by atoms with Gasteiger partial charge in [0, 0.05) is 16.4 Å². The van der Waals surface area contributed by atoms with Crippen LogP contribution in [0.4, 0.5) is 5.69 Å². The number of halogens is 1. The second kappa shape index (κ2) is 8.05. The molecule has 1 aliphatic carbocycles. The molecule has 0 unspecified atom stereocenters. The number of anilines is 1. The van der Waals surface area contributed by atoms with Crippen LogP contribution in [0.3, 0.4) is 0 Å². The molecule has 1 saturated carbocycles. The van der Waals surface area contributed by atoms with Crippen LogP contribution in [0.1, 0.15) is 46.5 Å². The van der Waals surface area contributed by atoms with E-state index in [2.05, 4.69) is 31.5 Å². The average molecular weight is 432 g/mol. The zero-order valence-corrected chi connectivity index (χ0v) is 17.2. The zero-order valence-electron chi connectivity index (χ0n) is 14.8. The van der Waals surface area contributed by atoms with Crippen LogP contribution in [0.2, 0.25) is 0 Å². The summed E-state index contributed by atoms with van der Waals surface area (Å²) in [6.45, 7) is 5.05. The van der Waals surface area contributed by atoms with Crippen LogP contribution in [0.5, 0.6) is 0 Å². The van der Waals surface area contributed by atoms with Gasteiger partial charge in [-0.05, 0) is 70.7 Å². The van der Waals surface area contributed by atoms with Gasteiger partial charge in [0.2, 0.25) is 15.9 Å². The van der Waals surface area contributed by atoms with Gasteiger partial charge in [-0.15, -0.1) is 0 Å². The standard InChI is InChI=1S/C17H26BrN3O3S/c1-17(2,3)25(23,24)21-15-8-4-12(5-9-15)16(22)20-19-14-10-6-13(18)7-11-14/h6-7,10-12,15,19,21H,4-5,8-9H2,1-3H3,(H,20,22)/t12-,15-. The van der Waals surface area contributed by atoms with E-state index in [1.54, 1.807) is 20.8 Å². The van der Waals surface area contributed by atoms with Crippen molar-refractivity contribution in [2.75, 3.05) is 5.43 Å². The van der Waals surface area contributed by atoms with Crippen molar-refractivity contribution in [2.45, 2.75) is 57.2 Å². The van der Waals surface area contributed by atoms with Gasteiger partial charge in [0.15, 0.2) is 0 Å². The van der Waals surface area contributed by atoms with E-state index in [1.807, 2.05) is 24.3 Å². The van der Waals surface area contributed by atoms with Gasteiger partial charge in [-0.25, -0.2) is 13.1 Å². The quantitative estimate of drug-likeness (QED) is 0.624. The van der Waals surface area contributed by atoms with Crippen molar-refractivity contribution in [3.63, 3.8) is 0 Å². The molecular formula is C17H26BrN3O3S. The Hall–Kier alpha value is -1.12. The third-order valence-corrected chi connectivity index (χ3v) is 7.18. The van der Waals surface area contributed by atoms with Gasteiger partial charge >= 0.3 is 0 Å². The summed E-state index contributed by atoms with van der Waals surface area (Å²) in [5.41, 5.74) is 6.45. The summed E-state index contributed by atoms with van der Waals surface area (Å²) in [6, 6.07) is 7.42. The van der Waals surface area contributed by atoms with Crippen molar-refractivity contribution < 1.29 is 13.2 Å². The third kappa shape index (κ3) is 5.69. The molecule has 0 bridgehead atoms. The summed E-state index contributed by atoms with van der Waals surface area (Å²) < 4.78 is 27.4. The summed E-state index contributed by atoms with van der Waals surface area (Å²) in [5, 5.41) is 0. The average Bonchev–Trinajstić information content (AvgIpc) is 2.53. The molecule has 1 fully saturated rings. The number of benzene rings is 1. The molecule has 2 rings (SSSR count). The van der Waals surface area contributed by atoms with Gasteiger partial charge in [0.1, 0.15) is 0 Å². The number of hydrogen-bond acceptors (Lipinski definition) is 4. The van der Waals surface area contributed by atoms with E-state index >= 15 is 0 Å². The molecule has 8 heteroatoms. The molecule has 140 valence electrons. The maximum atomic E-state index is 12.3. The first-order valence-electron chi connectivity index (χ1n) is 8.42. The molecular weight excluding hydrogens is 406 g/mol. The van der Waals surface area contributed by atoms with Crippen LogP contribution in [0, 0.1) is 5.92 Å². The summed E-state index contributed by atoms with van der Waals surface area (Å²) in [7, 11) is -3.35. The lowest BCUT2D eigenvalue weighted by Crippen LogP contribution is -2.47. The number of hydrogen-bond donors (Lipinski definition) is 3. The lowest BCUT2D eigenvalue weighted by atomic mass is 9.86. The van der Waals surface area contributed by atoms with Crippen molar-refractivity contribution in [1.82, 2.24) is 10.1 Å². The molecule has 25 heavy (non-hydrogen) atoms. The first-order chi connectivity index (χ1) is 11.6. The Kier molecular flexibility index (Phi) is 6.51. The van der Waals surface area contributed by atoms with Crippen LogP contribution in [-0.4, -0.2) is 25.1 Å². The topological polar surface area (TPSA) is 87.3 Å². The Bertz CT molecular complexity index is 691. The molecule has 0 aliphatic heterocycles. The van der Waals surface area contributed by atoms with Crippen LogP contribution in [0.25, 0.3) is 0 Å². The maximum Gasteiger partial charge on any atom is 0.241 e. The fraction of sp³-hybridized carbons (Fsp3) is 0.588. The van der Waals surface area contributed by atoms with E-state index in [9.17, 15) is 13.2 Å². The normalized spacial score (nSPS) is 21.6.